The monoisotopic (exact) mass is 499 g/mol. The number of nitrogen functional groups attached to an aromatic ring is 1. The lowest BCUT2D eigenvalue weighted by molar-refractivity contribution is -0.00584. The van der Waals surface area contributed by atoms with Crippen LogP contribution >= 0.6 is 11.6 Å². The van der Waals surface area contributed by atoms with Crippen molar-refractivity contribution in [1.82, 2.24) is 25.1 Å². The molecular weight excluding hydrogens is 462 g/mol. The Morgan fingerprint density at radius 1 is 1.17 bits per heavy atom. The zero-order chi connectivity index (χ0) is 25.2. The lowest BCUT2D eigenvalue weighted by atomic mass is 9.85. The van der Waals surface area contributed by atoms with Crippen molar-refractivity contribution >= 4 is 29.1 Å². The molecule has 2 saturated heterocycles. The zero-order valence-electron chi connectivity index (χ0n) is 21.4. The van der Waals surface area contributed by atoms with Crippen molar-refractivity contribution in [1.29, 1.82) is 0 Å². The van der Waals surface area contributed by atoms with E-state index in [-0.39, 0.29) is 28.1 Å². The molecule has 8 nitrogen and oxygen atoms in total. The number of likely N-dealkylation sites (tertiary alicyclic amines) is 1. The molecular formula is C26H38ClN7O. The summed E-state index contributed by atoms with van der Waals surface area (Å²) in [6, 6.07) is 9.28. The highest BCUT2D eigenvalue weighted by atomic mass is 35.5. The average molecular weight is 500 g/mol. The van der Waals surface area contributed by atoms with Gasteiger partial charge in [0.2, 0.25) is 0 Å². The third kappa shape index (κ3) is 5.55. The van der Waals surface area contributed by atoms with Gasteiger partial charge in [0.15, 0.2) is 22.5 Å². The minimum atomic E-state index is -0.388. The van der Waals surface area contributed by atoms with Crippen molar-refractivity contribution in [2.45, 2.75) is 58.2 Å². The predicted molar refractivity (Wildman–Crippen MR) is 142 cm³/mol. The first kappa shape index (κ1) is 25.7. The van der Waals surface area contributed by atoms with E-state index in [2.05, 4.69) is 75.0 Å². The number of amides is 1. The molecule has 2 aromatic rings. The van der Waals surface area contributed by atoms with Gasteiger partial charge in [-0.25, -0.2) is 9.97 Å². The van der Waals surface area contributed by atoms with Crippen LogP contribution in [0.15, 0.2) is 24.3 Å². The van der Waals surface area contributed by atoms with Crippen LogP contribution in [0.5, 0.6) is 0 Å². The number of piperidine rings is 1. The number of nitrogens with one attached hydrogen (secondary N) is 1. The summed E-state index contributed by atoms with van der Waals surface area (Å²) >= 11 is 6.46. The van der Waals surface area contributed by atoms with Gasteiger partial charge in [-0.2, -0.15) is 0 Å². The lowest BCUT2D eigenvalue weighted by Crippen LogP contribution is -2.63. The second kappa shape index (κ2) is 10.7. The first-order chi connectivity index (χ1) is 16.7. The van der Waals surface area contributed by atoms with Crippen LogP contribution in [0.2, 0.25) is 5.15 Å². The van der Waals surface area contributed by atoms with Crippen molar-refractivity contribution in [2.24, 2.45) is 0 Å². The number of rotatable bonds is 6. The summed E-state index contributed by atoms with van der Waals surface area (Å²) < 4.78 is 0. The maximum absolute atomic E-state index is 12.0. The number of aryl methyl sites for hydroxylation is 1. The number of aromatic nitrogens is 2. The van der Waals surface area contributed by atoms with E-state index >= 15 is 0 Å². The Labute approximate surface area is 213 Å². The van der Waals surface area contributed by atoms with Gasteiger partial charge in [-0.1, -0.05) is 48.4 Å². The molecule has 2 aliphatic heterocycles. The lowest BCUT2D eigenvalue weighted by Gasteiger charge is -2.53. The van der Waals surface area contributed by atoms with Gasteiger partial charge < -0.3 is 16.0 Å². The molecule has 1 aromatic heterocycles. The van der Waals surface area contributed by atoms with Gasteiger partial charge in [0, 0.05) is 57.9 Å². The molecule has 1 atom stereocenters. The maximum atomic E-state index is 12.0. The van der Waals surface area contributed by atoms with Crippen LogP contribution in [0.25, 0.3) is 0 Å². The molecule has 0 unspecified atom stereocenters. The normalized spacial score (nSPS) is 21.2. The Hall–Kier alpha value is -2.42. The highest BCUT2D eigenvalue weighted by molar-refractivity contribution is 6.32. The number of piperazine rings is 1. The summed E-state index contributed by atoms with van der Waals surface area (Å²) in [5.41, 5.74) is 8.98. The number of nitrogens with zero attached hydrogens (tertiary/aromatic N) is 5. The fourth-order valence-electron chi connectivity index (χ4n) is 5.44. The first-order valence-corrected chi connectivity index (χ1v) is 13.0. The molecule has 190 valence electrons. The van der Waals surface area contributed by atoms with Crippen molar-refractivity contribution < 1.29 is 4.79 Å². The van der Waals surface area contributed by atoms with Crippen molar-refractivity contribution in [3.63, 3.8) is 0 Å². The summed E-state index contributed by atoms with van der Waals surface area (Å²) in [6.45, 7) is 12.6. The molecule has 3 heterocycles. The largest absolute Gasteiger partial charge is 0.382 e. The molecule has 0 radical (unpaired) electrons. The van der Waals surface area contributed by atoms with E-state index in [1.54, 1.807) is 0 Å². The number of carbonyl (C=O) groups is 1. The van der Waals surface area contributed by atoms with E-state index < -0.39 is 0 Å². The fraction of sp³-hybridized carbons (Fsp3) is 0.577. The summed E-state index contributed by atoms with van der Waals surface area (Å²) in [7, 11) is 1.53. The van der Waals surface area contributed by atoms with Crippen LogP contribution in [0.4, 0.5) is 11.6 Å². The summed E-state index contributed by atoms with van der Waals surface area (Å²) in [5.74, 6) is 0.279. The number of carbonyl (C=O) groups excluding carboxylic acids is 1. The SMILES string of the molecule is CC[C@H]1CN(c2nc(N)c(C(=O)NC)nc2Cl)CCN1C1(C)CCN(Cc2ccc(C)cc2)CC1. The summed E-state index contributed by atoms with van der Waals surface area (Å²) in [4.78, 5) is 28.2. The van der Waals surface area contributed by atoms with Crippen LogP contribution < -0.4 is 16.0 Å². The van der Waals surface area contributed by atoms with Crippen LogP contribution in [0, 0.1) is 6.92 Å². The Morgan fingerprint density at radius 3 is 2.49 bits per heavy atom. The van der Waals surface area contributed by atoms with Crippen LogP contribution in [0.3, 0.4) is 0 Å². The van der Waals surface area contributed by atoms with E-state index in [1.165, 1.54) is 18.2 Å². The second-order valence-electron chi connectivity index (χ2n) is 10.1. The zero-order valence-corrected chi connectivity index (χ0v) is 22.1. The number of hydrogen-bond donors (Lipinski definition) is 2. The Bertz CT molecular complexity index is 1040. The Kier molecular flexibility index (Phi) is 7.83. The van der Waals surface area contributed by atoms with Crippen LogP contribution in [0.1, 0.15) is 54.7 Å². The van der Waals surface area contributed by atoms with Crippen molar-refractivity contribution in [2.75, 3.05) is 50.4 Å². The van der Waals surface area contributed by atoms with Crippen LogP contribution in [-0.2, 0) is 6.54 Å². The van der Waals surface area contributed by atoms with Gasteiger partial charge in [-0.05, 0) is 38.7 Å². The third-order valence-electron chi connectivity index (χ3n) is 7.71. The molecule has 2 fully saturated rings. The predicted octanol–water partition coefficient (Wildman–Crippen LogP) is 3.34. The van der Waals surface area contributed by atoms with Crippen molar-refractivity contribution in [3.05, 3.63) is 46.2 Å². The van der Waals surface area contributed by atoms with E-state index in [9.17, 15) is 4.79 Å². The quantitative estimate of drug-likeness (QED) is 0.629. The van der Waals surface area contributed by atoms with Crippen molar-refractivity contribution in [3.8, 4) is 0 Å². The third-order valence-corrected chi connectivity index (χ3v) is 7.97. The molecule has 35 heavy (non-hydrogen) atoms. The summed E-state index contributed by atoms with van der Waals surface area (Å²) in [5, 5.41) is 2.74. The van der Waals surface area contributed by atoms with Gasteiger partial charge in [-0.15, -0.1) is 0 Å². The molecule has 9 heteroatoms. The first-order valence-electron chi connectivity index (χ1n) is 12.6. The average Bonchev–Trinajstić information content (AvgIpc) is 2.87. The number of halogens is 1. The molecule has 0 saturated carbocycles. The van der Waals surface area contributed by atoms with Gasteiger partial charge in [0.25, 0.3) is 5.91 Å². The van der Waals surface area contributed by atoms with Gasteiger partial charge in [0.05, 0.1) is 0 Å². The Morgan fingerprint density at radius 2 is 1.86 bits per heavy atom. The molecule has 0 aliphatic carbocycles. The Balaban J connectivity index is 1.41. The standard InChI is InChI=1S/C26H38ClN7O/c1-5-20-17-33(24-22(27)30-21(23(28)31-24)25(35)29-4)14-15-34(20)26(3)10-12-32(13-11-26)16-19-8-6-18(2)7-9-19/h6-9,20H,5,10-17H2,1-4H3,(H2,28,31)(H,29,35)/t20-/m0/s1. The highest BCUT2D eigenvalue weighted by Gasteiger charge is 2.41. The van der Waals surface area contributed by atoms with E-state index in [4.69, 9.17) is 17.3 Å². The number of hydrogen-bond acceptors (Lipinski definition) is 7. The topological polar surface area (TPSA) is 90.6 Å². The molecule has 1 amide bonds. The van der Waals surface area contributed by atoms with Gasteiger partial charge >= 0.3 is 0 Å². The molecule has 2 aliphatic rings. The number of anilines is 2. The number of nitrogens with two attached hydrogens (primary N) is 1. The summed E-state index contributed by atoms with van der Waals surface area (Å²) in [6.07, 6.45) is 3.35. The minimum absolute atomic E-state index is 0.0665. The smallest absolute Gasteiger partial charge is 0.273 e. The van der Waals surface area contributed by atoms with E-state index in [0.717, 1.165) is 58.5 Å². The van der Waals surface area contributed by atoms with E-state index in [1.807, 2.05) is 0 Å². The molecule has 4 rings (SSSR count). The maximum Gasteiger partial charge on any atom is 0.273 e. The molecule has 0 spiro atoms. The van der Waals surface area contributed by atoms with Gasteiger partial charge in [0.1, 0.15) is 0 Å². The minimum Gasteiger partial charge on any atom is -0.382 e. The fourth-order valence-corrected chi connectivity index (χ4v) is 5.69. The molecule has 0 bridgehead atoms. The highest BCUT2D eigenvalue weighted by Crippen LogP contribution is 2.35. The molecule has 3 N–H and O–H groups in total. The van der Waals surface area contributed by atoms with Crippen LogP contribution in [-0.4, -0.2) is 77.0 Å². The molecule has 1 aromatic carbocycles. The second-order valence-corrected chi connectivity index (χ2v) is 10.5. The van der Waals surface area contributed by atoms with E-state index in [0.29, 0.717) is 11.9 Å². The number of benzene rings is 1. The van der Waals surface area contributed by atoms with Gasteiger partial charge in [-0.3, -0.25) is 14.6 Å².